The summed E-state index contributed by atoms with van der Waals surface area (Å²) in [4.78, 5) is 11.8. The lowest BCUT2D eigenvalue weighted by atomic mass is 9.97. The Morgan fingerprint density at radius 3 is 2.86 bits per heavy atom. The second kappa shape index (κ2) is 4.13. The fraction of sp³-hybridized carbons (Fsp3) is 0.364. The van der Waals surface area contributed by atoms with Gasteiger partial charge in [-0.3, -0.25) is 4.79 Å². The molecule has 0 aliphatic carbocycles. The Morgan fingerprint density at radius 1 is 1.43 bits per heavy atom. The van der Waals surface area contributed by atoms with E-state index in [-0.39, 0.29) is 17.3 Å². The Labute approximate surface area is 86.7 Å². The van der Waals surface area contributed by atoms with Crippen LogP contribution in [-0.2, 0) is 0 Å². The summed E-state index contributed by atoms with van der Waals surface area (Å²) >= 11 is 1.77. The summed E-state index contributed by atoms with van der Waals surface area (Å²) in [6, 6.07) is 6.23. The zero-order valence-electron chi connectivity index (χ0n) is 7.70. The van der Waals surface area contributed by atoms with E-state index in [0.29, 0.717) is 0 Å². The minimum atomic E-state index is -0.394. The molecule has 1 aliphatic heterocycles. The second-order valence-corrected chi connectivity index (χ2v) is 4.55. The van der Waals surface area contributed by atoms with Crippen molar-refractivity contribution in [2.24, 2.45) is 5.92 Å². The van der Waals surface area contributed by atoms with Crippen LogP contribution in [0, 0.1) is 11.7 Å². The molecule has 2 rings (SSSR count). The number of carbonyl (C=O) groups is 1. The molecule has 0 bridgehead atoms. The normalized spacial score (nSPS) is 21.1. The smallest absolute Gasteiger partial charge is 0.169 e. The number of rotatable bonds is 2. The van der Waals surface area contributed by atoms with Crippen LogP contribution in [0.1, 0.15) is 16.8 Å². The van der Waals surface area contributed by atoms with Crippen molar-refractivity contribution >= 4 is 17.5 Å². The quantitative estimate of drug-likeness (QED) is 0.698. The lowest BCUT2D eigenvalue weighted by Gasteiger charge is -2.07. The molecule has 1 saturated heterocycles. The fourth-order valence-corrected chi connectivity index (χ4v) is 2.84. The van der Waals surface area contributed by atoms with Crippen molar-refractivity contribution in [2.45, 2.75) is 6.42 Å². The van der Waals surface area contributed by atoms with Gasteiger partial charge < -0.3 is 0 Å². The Hall–Kier alpha value is -0.830. The lowest BCUT2D eigenvalue weighted by Crippen LogP contribution is -2.15. The maximum atomic E-state index is 13.3. The maximum Gasteiger partial charge on any atom is 0.169 e. The van der Waals surface area contributed by atoms with Crippen LogP contribution in [0.25, 0.3) is 0 Å². The van der Waals surface area contributed by atoms with Gasteiger partial charge in [0.1, 0.15) is 5.82 Å². The van der Waals surface area contributed by atoms with Gasteiger partial charge in [0.25, 0.3) is 0 Å². The van der Waals surface area contributed by atoms with Crippen LogP contribution in [0.5, 0.6) is 0 Å². The molecule has 1 aromatic rings. The first-order valence-corrected chi connectivity index (χ1v) is 5.81. The second-order valence-electron chi connectivity index (χ2n) is 3.40. The van der Waals surface area contributed by atoms with Crippen LogP contribution in [0.15, 0.2) is 24.3 Å². The highest BCUT2D eigenvalue weighted by Crippen LogP contribution is 2.27. The third-order valence-corrected chi connectivity index (χ3v) is 3.60. The van der Waals surface area contributed by atoms with Gasteiger partial charge in [-0.2, -0.15) is 11.8 Å². The highest BCUT2D eigenvalue weighted by Gasteiger charge is 2.25. The Balaban J connectivity index is 2.22. The molecule has 0 aromatic heterocycles. The van der Waals surface area contributed by atoms with Crippen LogP contribution in [0.4, 0.5) is 4.39 Å². The molecule has 1 unspecified atom stereocenters. The third kappa shape index (κ3) is 1.82. The molecule has 0 radical (unpaired) electrons. The first-order chi connectivity index (χ1) is 6.79. The molecule has 1 aliphatic rings. The molecule has 1 heterocycles. The minimum absolute atomic E-state index is 0.0249. The van der Waals surface area contributed by atoms with Crippen LogP contribution in [0.3, 0.4) is 0 Å². The number of carbonyl (C=O) groups excluding carboxylic acids is 1. The molecule has 3 heteroatoms. The maximum absolute atomic E-state index is 13.3. The van der Waals surface area contributed by atoms with E-state index in [9.17, 15) is 9.18 Å². The number of hydrogen-bond acceptors (Lipinski definition) is 2. The van der Waals surface area contributed by atoms with Crippen molar-refractivity contribution in [3.8, 4) is 0 Å². The van der Waals surface area contributed by atoms with Crippen LogP contribution in [0.2, 0.25) is 0 Å². The third-order valence-electron chi connectivity index (χ3n) is 2.44. The molecule has 0 amide bonds. The summed E-state index contributed by atoms with van der Waals surface area (Å²) in [7, 11) is 0. The average Bonchev–Trinajstić information content (AvgIpc) is 2.70. The summed E-state index contributed by atoms with van der Waals surface area (Å²) in [5, 5.41) is 0. The number of halogens is 1. The Bertz CT molecular complexity index is 345. The zero-order valence-corrected chi connectivity index (χ0v) is 8.52. The predicted molar refractivity (Wildman–Crippen MR) is 56.2 cm³/mol. The van der Waals surface area contributed by atoms with Gasteiger partial charge in [0, 0.05) is 11.7 Å². The van der Waals surface area contributed by atoms with Gasteiger partial charge in [-0.1, -0.05) is 12.1 Å². The standard InChI is InChI=1S/C11H11FOS/c12-10-4-2-1-3-9(10)11(13)8-5-6-14-7-8/h1-4,8H,5-7H2. The molecular formula is C11H11FOS. The molecule has 1 atom stereocenters. The van der Waals surface area contributed by atoms with E-state index in [1.807, 2.05) is 0 Å². The summed E-state index contributed by atoms with van der Waals surface area (Å²) < 4.78 is 13.3. The van der Waals surface area contributed by atoms with Gasteiger partial charge in [-0.25, -0.2) is 4.39 Å². The molecule has 1 nitrogen and oxygen atoms in total. The van der Waals surface area contributed by atoms with Crippen LogP contribution >= 0.6 is 11.8 Å². The molecule has 74 valence electrons. The molecule has 1 aromatic carbocycles. The van der Waals surface area contributed by atoms with E-state index >= 15 is 0 Å². The molecular weight excluding hydrogens is 199 g/mol. The van der Waals surface area contributed by atoms with E-state index in [4.69, 9.17) is 0 Å². The van der Waals surface area contributed by atoms with Crippen molar-refractivity contribution in [3.63, 3.8) is 0 Å². The van der Waals surface area contributed by atoms with Crippen molar-refractivity contribution in [3.05, 3.63) is 35.6 Å². The van der Waals surface area contributed by atoms with E-state index in [0.717, 1.165) is 17.9 Å². The van der Waals surface area contributed by atoms with Gasteiger partial charge in [-0.15, -0.1) is 0 Å². The molecule has 0 spiro atoms. The summed E-state index contributed by atoms with van der Waals surface area (Å²) in [6.45, 7) is 0. The van der Waals surface area contributed by atoms with E-state index in [1.54, 1.807) is 30.0 Å². The van der Waals surface area contributed by atoms with E-state index in [2.05, 4.69) is 0 Å². The van der Waals surface area contributed by atoms with Crippen molar-refractivity contribution in [2.75, 3.05) is 11.5 Å². The number of hydrogen-bond donors (Lipinski definition) is 0. The Morgan fingerprint density at radius 2 is 2.21 bits per heavy atom. The largest absolute Gasteiger partial charge is 0.294 e. The van der Waals surface area contributed by atoms with Gasteiger partial charge in [-0.05, 0) is 24.3 Å². The van der Waals surface area contributed by atoms with E-state index < -0.39 is 5.82 Å². The average molecular weight is 210 g/mol. The Kier molecular flexibility index (Phi) is 2.87. The highest BCUT2D eigenvalue weighted by atomic mass is 32.2. The van der Waals surface area contributed by atoms with Crippen molar-refractivity contribution < 1.29 is 9.18 Å². The molecule has 0 N–H and O–H groups in total. The lowest BCUT2D eigenvalue weighted by molar-refractivity contribution is 0.0929. The molecule has 0 saturated carbocycles. The van der Waals surface area contributed by atoms with Crippen LogP contribution < -0.4 is 0 Å². The topological polar surface area (TPSA) is 17.1 Å². The summed E-state index contributed by atoms with van der Waals surface area (Å²) in [5.41, 5.74) is 0.250. The van der Waals surface area contributed by atoms with Crippen molar-refractivity contribution in [1.82, 2.24) is 0 Å². The first-order valence-electron chi connectivity index (χ1n) is 4.65. The molecule has 1 fully saturated rings. The monoisotopic (exact) mass is 210 g/mol. The van der Waals surface area contributed by atoms with Gasteiger partial charge >= 0.3 is 0 Å². The van der Waals surface area contributed by atoms with Crippen LogP contribution in [-0.4, -0.2) is 17.3 Å². The SMILES string of the molecule is O=C(c1ccccc1F)C1CCSC1. The summed E-state index contributed by atoms with van der Waals surface area (Å²) in [6.07, 6.45) is 0.887. The number of benzene rings is 1. The predicted octanol–water partition coefficient (Wildman–Crippen LogP) is 2.76. The zero-order chi connectivity index (χ0) is 9.97. The highest BCUT2D eigenvalue weighted by molar-refractivity contribution is 7.99. The fourth-order valence-electron chi connectivity index (χ4n) is 1.62. The number of thioether (sulfide) groups is 1. The van der Waals surface area contributed by atoms with E-state index in [1.165, 1.54) is 6.07 Å². The van der Waals surface area contributed by atoms with Gasteiger partial charge in [0.2, 0.25) is 0 Å². The van der Waals surface area contributed by atoms with Crippen molar-refractivity contribution in [1.29, 1.82) is 0 Å². The molecule has 14 heavy (non-hydrogen) atoms. The minimum Gasteiger partial charge on any atom is -0.294 e. The first kappa shape index (κ1) is 9.71. The number of ketones is 1. The summed E-state index contributed by atoms with van der Waals surface area (Å²) in [5.74, 6) is 1.46. The van der Waals surface area contributed by atoms with Gasteiger partial charge in [0.15, 0.2) is 5.78 Å². The number of Topliss-reactive ketones (excluding diaryl/α,β-unsaturated/α-hetero) is 1. The van der Waals surface area contributed by atoms with Gasteiger partial charge in [0.05, 0.1) is 5.56 Å².